The van der Waals surface area contributed by atoms with Crippen molar-refractivity contribution >= 4 is 17.5 Å². The minimum Gasteiger partial charge on any atom is -0.334 e. The highest BCUT2D eigenvalue weighted by Gasteiger charge is 2.41. The number of hydrogen-bond donors (Lipinski definition) is 1. The van der Waals surface area contributed by atoms with E-state index in [1.54, 1.807) is 24.3 Å². The lowest BCUT2D eigenvalue weighted by atomic mass is 10.0. The molecule has 0 fully saturated rings. The van der Waals surface area contributed by atoms with Crippen molar-refractivity contribution in [2.75, 3.05) is 12.4 Å². The van der Waals surface area contributed by atoms with Crippen LogP contribution in [0.25, 0.3) is 0 Å². The molecule has 0 aromatic heterocycles. The molecule has 1 aromatic carbocycles. The van der Waals surface area contributed by atoms with Crippen LogP contribution in [0.15, 0.2) is 36.4 Å². The van der Waals surface area contributed by atoms with Crippen molar-refractivity contribution < 1.29 is 22.8 Å². The van der Waals surface area contributed by atoms with Gasteiger partial charge < -0.3 is 10.2 Å². The predicted octanol–water partition coefficient (Wildman–Crippen LogP) is 3.50. The molecule has 0 heterocycles. The van der Waals surface area contributed by atoms with E-state index < -0.39 is 12.1 Å². The minimum atomic E-state index is -4.89. The first-order valence-electron chi connectivity index (χ1n) is 7.63. The molecule has 24 heavy (non-hydrogen) atoms. The molecule has 0 radical (unpaired) electrons. The third-order valence-electron chi connectivity index (χ3n) is 3.78. The van der Waals surface area contributed by atoms with E-state index in [9.17, 15) is 22.8 Å². The molecule has 0 spiro atoms. The highest BCUT2D eigenvalue weighted by atomic mass is 19.4. The SMILES string of the molecule is CN(Cc1cccc(NC(=O)CC2C=CCC2)c1)C(=O)C(F)(F)F. The summed E-state index contributed by atoms with van der Waals surface area (Å²) >= 11 is 0. The lowest BCUT2D eigenvalue weighted by Gasteiger charge is -2.19. The number of hydrogen-bond acceptors (Lipinski definition) is 2. The highest BCUT2D eigenvalue weighted by Crippen LogP contribution is 2.22. The molecule has 2 amide bonds. The zero-order valence-electron chi connectivity index (χ0n) is 13.3. The second kappa shape index (κ2) is 7.51. The fourth-order valence-corrected chi connectivity index (χ4v) is 2.62. The molecule has 1 aliphatic carbocycles. The number of carbonyl (C=O) groups is 2. The van der Waals surface area contributed by atoms with Gasteiger partial charge in [0.1, 0.15) is 0 Å². The van der Waals surface area contributed by atoms with Gasteiger partial charge in [0.2, 0.25) is 5.91 Å². The molecule has 1 aromatic rings. The molecule has 1 unspecified atom stereocenters. The Balaban J connectivity index is 1.94. The highest BCUT2D eigenvalue weighted by molar-refractivity contribution is 5.91. The van der Waals surface area contributed by atoms with Gasteiger partial charge in [-0.2, -0.15) is 13.2 Å². The van der Waals surface area contributed by atoms with Gasteiger partial charge in [0.05, 0.1) is 0 Å². The molecule has 0 aliphatic heterocycles. The molecule has 1 N–H and O–H groups in total. The monoisotopic (exact) mass is 340 g/mol. The number of nitrogens with one attached hydrogen (secondary N) is 1. The summed E-state index contributed by atoms with van der Waals surface area (Å²) in [6.45, 7) is -0.187. The Labute approximate surface area is 138 Å². The van der Waals surface area contributed by atoms with Crippen LogP contribution in [0.3, 0.4) is 0 Å². The quantitative estimate of drug-likeness (QED) is 0.834. The van der Waals surface area contributed by atoms with Gasteiger partial charge >= 0.3 is 12.1 Å². The second-order valence-corrected chi connectivity index (χ2v) is 5.88. The van der Waals surface area contributed by atoms with Crippen molar-refractivity contribution in [3.8, 4) is 0 Å². The van der Waals surface area contributed by atoms with Crippen molar-refractivity contribution in [2.24, 2.45) is 5.92 Å². The second-order valence-electron chi connectivity index (χ2n) is 5.88. The number of rotatable bonds is 5. The van der Waals surface area contributed by atoms with E-state index in [4.69, 9.17) is 0 Å². The van der Waals surface area contributed by atoms with E-state index in [1.165, 1.54) is 0 Å². The number of allylic oxidation sites excluding steroid dienone is 2. The largest absolute Gasteiger partial charge is 0.471 e. The number of carbonyl (C=O) groups excluding carboxylic acids is 2. The minimum absolute atomic E-state index is 0.136. The van der Waals surface area contributed by atoms with Gasteiger partial charge in [-0.3, -0.25) is 9.59 Å². The van der Waals surface area contributed by atoms with Gasteiger partial charge in [-0.15, -0.1) is 0 Å². The summed E-state index contributed by atoms with van der Waals surface area (Å²) in [6, 6.07) is 6.47. The summed E-state index contributed by atoms with van der Waals surface area (Å²) in [7, 11) is 1.09. The van der Waals surface area contributed by atoms with Crippen LogP contribution in [0.5, 0.6) is 0 Å². The maximum atomic E-state index is 12.4. The van der Waals surface area contributed by atoms with E-state index in [-0.39, 0.29) is 18.4 Å². The molecule has 7 heteroatoms. The molecule has 1 aliphatic rings. The average molecular weight is 340 g/mol. The lowest BCUT2D eigenvalue weighted by Crippen LogP contribution is -2.37. The zero-order valence-corrected chi connectivity index (χ0v) is 13.3. The number of anilines is 1. The molecule has 1 atom stereocenters. The summed E-state index contributed by atoms with van der Waals surface area (Å²) in [5, 5.41) is 2.74. The Kier molecular flexibility index (Phi) is 5.64. The smallest absolute Gasteiger partial charge is 0.334 e. The zero-order chi connectivity index (χ0) is 17.7. The predicted molar refractivity (Wildman–Crippen MR) is 84.1 cm³/mol. The van der Waals surface area contributed by atoms with Crippen LogP contribution < -0.4 is 5.32 Å². The number of halogens is 3. The van der Waals surface area contributed by atoms with Crippen LogP contribution in [0.1, 0.15) is 24.8 Å². The fraction of sp³-hybridized carbons (Fsp3) is 0.412. The van der Waals surface area contributed by atoms with Crippen molar-refractivity contribution in [1.29, 1.82) is 0 Å². The van der Waals surface area contributed by atoms with Crippen molar-refractivity contribution in [2.45, 2.75) is 32.0 Å². The topological polar surface area (TPSA) is 49.4 Å². The van der Waals surface area contributed by atoms with Gasteiger partial charge in [-0.05, 0) is 36.5 Å². The standard InChI is InChI=1S/C17H19F3N2O2/c1-22(16(24)17(18,19)20)11-13-7-4-8-14(9-13)21-15(23)10-12-5-2-3-6-12/h2,4-5,7-9,12H,3,6,10-11H2,1H3,(H,21,23). The first-order chi connectivity index (χ1) is 11.3. The molecule has 0 saturated carbocycles. The number of alkyl halides is 3. The van der Waals surface area contributed by atoms with Crippen molar-refractivity contribution in [3.05, 3.63) is 42.0 Å². The Hall–Kier alpha value is -2.31. The molecule has 130 valence electrons. The third-order valence-corrected chi connectivity index (χ3v) is 3.78. The number of amides is 2. The van der Waals surface area contributed by atoms with E-state index in [2.05, 4.69) is 5.32 Å². The maximum Gasteiger partial charge on any atom is 0.471 e. The normalized spacial score (nSPS) is 16.9. The van der Waals surface area contributed by atoms with E-state index in [1.807, 2.05) is 12.2 Å². The first kappa shape index (κ1) is 18.0. The first-order valence-corrected chi connectivity index (χ1v) is 7.63. The number of nitrogens with zero attached hydrogens (tertiary/aromatic N) is 1. The van der Waals surface area contributed by atoms with Crippen LogP contribution >= 0.6 is 0 Å². The molecule has 2 rings (SSSR count). The Bertz CT molecular complexity index is 641. The van der Waals surface area contributed by atoms with Crippen molar-refractivity contribution in [3.63, 3.8) is 0 Å². The van der Waals surface area contributed by atoms with Crippen LogP contribution in [0.4, 0.5) is 18.9 Å². The summed E-state index contributed by atoms with van der Waals surface area (Å²) < 4.78 is 37.2. The van der Waals surface area contributed by atoms with Crippen LogP contribution in [-0.2, 0) is 16.1 Å². The molecular formula is C17H19F3N2O2. The van der Waals surface area contributed by atoms with Crippen LogP contribution in [0, 0.1) is 5.92 Å². The average Bonchev–Trinajstić information content (AvgIpc) is 2.98. The summed E-state index contributed by atoms with van der Waals surface area (Å²) in [5.41, 5.74) is 1.01. The molecule has 4 nitrogen and oxygen atoms in total. The van der Waals surface area contributed by atoms with Gasteiger partial charge in [-0.25, -0.2) is 0 Å². The Morgan fingerprint density at radius 1 is 1.33 bits per heavy atom. The third kappa shape index (κ3) is 5.11. The molecule has 0 saturated heterocycles. The Morgan fingerprint density at radius 3 is 2.71 bits per heavy atom. The van der Waals surface area contributed by atoms with Gasteiger partial charge in [-0.1, -0.05) is 24.3 Å². The van der Waals surface area contributed by atoms with Gasteiger partial charge in [0.25, 0.3) is 0 Å². The van der Waals surface area contributed by atoms with E-state index >= 15 is 0 Å². The van der Waals surface area contributed by atoms with Crippen LogP contribution in [-0.4, -0.2) is 29.9 Å². The molecular weight excluding hydrogens is 321 g/mol. The molecule has 0 bridgehead atoms. The summed E-state index contributed by atoms with van der Waals surface area (Å²) in [6.07, 6.45) is 1.49. The van der Waals surface area contributed by atoms with Crippen LogP contribution in [0.2, 0.25) is 0 Å². The fourth-order valence-electron chi connectivity index (χ4n) is 2.62. The van der Waals surface area contributed by atoms with E-state index in [0.29, 0.717) is 22.6 Å². The Morgan fingerprint density at radius 2 is 2.08 bits per heavy atom. The maximum absolute atomic E-state index is 12.4. The van der Waals surface area contributed by atoms with Crippen molar-refractivity contribution in [1.82, 2.24) is 4.90 Å². The summed E-state index contributed by atoms with van der Waals surface area (Å²) in [5.74, 6) is -1.79. The van der Waals surface area contributed by atoms with E-state index in [0.717, 1.165) is 19.9 Å². The number of benzene rings is 1. The lowest BCUT2D eigenvalue weighted by molar-refractivity contribution is -0.184. The summed E-state index contributed by atoms with van der Waals surface area (Å²) in [4.78, 5) is 23.7. The van der Waals surface area contributed by atoms with Gasteiger partial charge in [0.15, 0.2) is 0 Å². The van der Waals surface area contributed by atoms with Gasteiger partial charge in [0, 0.05) is 25.7 Å².